The Morgan fingerprint density at radius 1 is 0.585 bits per heavy atom. The van der Waals surface area contributed by atoms with Crippen molar-refractivity contribution >= 4 is 28.1 Å². The third-order valence-electron chi connectivity index (χ3n) is 10.8. The number of halogens is 6. The van der Waals surface area contributed by atoms with Gasteiger partial charge in [-0.05, 0) is 129 Å². The summed E-state index contributed by atoms with van der Waals surface area (Å²) in [7, 11) is 0. The van der Waals surface area contributed by atoms with Crippen LogP contribution in [-0.2, 0) is 12.4 Å². The van der Waals surface area contributed by atoms with Gasteiger partial charge >= 0.3 is 12.4 Å². The highest BCUT2D eigenvalue weighted by atomic mass is 19.4. The Kier molecular flexibility index (Phi) is 11.8. The van der Waals surface area contributed by atoms with E-state index in [0.29, 0.717) is 46.2 Å². The molecule has 0 bridgehead atoms. The molecule has 0 spiro atoms. The standard InChI is InChI=1S/C21H24F3NO2.C21H26F3NO/c1-20(2,3)13-4-6-15(7-5-13)27-16-8-9-19-17(11-16)18(21(22,23)24)10-14(12-26)25-19;1-13-11-18(21(22,23)24)17-12-16(9-10-19(17)25-13)26-15-7-5-14(6-8-15)20(2,3)4/h8-13,15H,4-7H2,1-3H3;9-12,14-15H,5-8H2,1-4H3. The molecule has 2 fully saturated rings. The Morgan fingerprint density at radius 2 is 0.981 bits per heavy atom. The van der Waals surface area contributed by atoms with Gasteiger partial charge in [0.05, 0.1) is 34.4 Å². The van der Waals surface area contributed by atoms with Crippen molar-refractivity contribution in [3.8, 4) is 11.5 Å². The van der Waals surface area contributed by atoms with E-state index in [0.717, 1.165) is 63.5 Å². The summed E-state index contributed by atoms with van der Waals surface area (Å²) in [5.41, 5.74) is -0.352. The second-order valence-corrected chi connectivity index (χ2v) is 16.8. The van der Waals surface area contributed by atoms with Gasteiger partial charge in [-0.15, -0.1) is 0 Å². The Hall–Kier alpha value is -3.89. The third kappa shape index (κ3) is 10.2. The molecule has 2 saturated carbocycles. The summed E-state index contributed by atoms with van der Waals surface area (Å²) in [6.07, 6.45) is -0.591. The predicted molar refractivity (Wildman–Crippen MR) is 195 cm³/mol. The zero-order valence-corrected chi connectivity index (χ0v) is 31.5. The maximum absolute atomic E-state index is 13.4. The van der Waals surface area contributed by atoms with Crippen molar-refractivity contribution in [2.75, 3.05) is 0 Å². The minimum Gasteiger partial charge on any atom is -0.490 e. The third-order valence-corrected chi connectivity index (χ3v) is 10.8. The first-order valence-electron chi connectivity index (χ1n) is 18.4. The molecule has 2 aromatic carbocycles. The van der Waals surface area contributed by atoms with Crippen molar-refractivity contribution in [2.24, 2.45) is 22.7 Å². The molecule has 0 amide bonds. The number of carbonyl (C=O) groups excluding carboxylic acids is 1. The highest BCUT2D eigenvalue weighted by molar-refractivity contribution is 5.88. The summed E-state index contributed by atoms with van der Waals surface area (Å²) in [6, 6.07) is 11.2. The second-order valence-electron chi connectivity index (χ2n) is 16.8. The minimum atomic E-state index is -4.57. The molecule has 2 aliphatic carbocycles. The molecule has 288 valence electrons. The van der Waals surface area contributed by atoms with Crippen molar-refractivity contribution in [2.45, 2.75) is 124 Å². The van der Waals surface area contributed by atoms with Gasteiger partial charge in [0, 0.05) is 16.5 Å². The van der Waals surface area contributed by atoms with Crippen LogP contribution >= 0.6 is 0 Å². The highest BCUT2D eigenvalue weighted by Crippen LogP contribution is 2.42. The summed E-state index contributed by atoms with van der Waals surface area (Å²) in [4.78, 5) is 19.1. The number of rotatable bonds is 5. The van der Waals surface area contributed by atoms with Crippen LogP contribution in [0, 0.1) is 29.6 Å². The van der Waals surface area contributed by atoms with Gasteiger partial charge in [-0.1, -0.05) is 41.5 Å². The molecule has 53 heavy (non-hydrogen) atoms. The normalized spacial score (nSPS) is 21.5. The summed E-state index contributed by atoms with van der Waals surface area (Å²) >= 11 is 0. The Labute approximate surface area is 307 Å². The van der Waals surface area contributed by atoms with Crippen molar-refractivity contribution in [1.82, 2.24) is 9.97 Å². The van der Waals surface area contributed by atoms with Crippen molar-refractivity contribution in [3.63, 3.8) is 0 Å². The number of hydrogen-bond acceptors (Lipinski definition) is 5. The monoisotopic (exact) mass is 744 g/mol. The number of alkyl halides is 6. The number of aldehydes is 1. The highest BCUT2D eigenvalue weighted by Gasteiger charge is 2.36. The van der Waals surface area contributed by atoms with Crippen LogP contribution in [0.15, 0.2) is 48.5 Å². The fourth-order valence-electron chi connectivity index (χ4n) is 7.72. The first kappa shape index (κ1) is 40.3. The molecule has 6 rings (SSSR count). The van der Waals surface area contributed by atoms with Gasteiger partial charge in [-0.25, -0.2) is 4.98 Å². The average molecular weight is 745 g/mol. The van der Waals surface area contributed by atoms with Gasteiger partial charge in [0.15, 0.2) is 6.29 Å². The number of pyridine rings is 2. The van der Waals surface area contributed by atoms with E-state index in [-0.39, 0.29) is 39.6 Å². The van der Waals surface area contributed by atoms with Gasteiger partial charge in [-0.3, -0.25) is 9.78 Å². The van der Waals surface area contributed by atoms with Crippen LogP contribution in [0.5, 0.6) is 11.5 Å². The maximum atomic E-state index is 13.4. The number of aromatic nitrogens is 2. The van der Waals surface area contributed by atoms with E-state index in [9.17, 15) is 31.1 Å². The summed E-state index contributed by atoms with van der Waals surface area (Å²) in [5, 5.41) is 0.0537. The summed E-state index contributed by atoms with van der Waals surface area (Å²) in [6.45, 7) is 15.1. The smallest absolute Gasteiger partial charge is 0.417 e. The SMILES string of the molecule is CC(C)(C)C1CCC(Oc2ccc3nc(C=O)cc(C(F)(F)F)c3c2)CC1.Cc1cc(C(F)(F)F)c2cc(OC3CCC(C(C)(C)C)CC3)ccc2n1. The zero-order chi connectivity index (χ0) is 38.9. The molecule has 0 radical (unpaired) electrons. The number of fused-ring (bicyclic) bond motifs is 2. The van der Waals surface area contributed by atoms with Crippen LogP contribution in [0.25, 0.3) is 21.8 Å². The van der Waals surface area contributed by atoms with Crippen molar-refractivity contribution < 1.29 is 40.6 Å². The van der Waals surface area contributed by atoms with Gasteiger partial charge in [-0.2, -0.15) is 26.3 Å². The molecule has 2 aromatic heterocycles. The molecule has 5 nitrogen and oxygen atoms in total. The van der Waals surface area contributed by atoms with Gasteiger partial charge in [0.25, 0.3) is 0 Å². The van der Waals surface area contributed by atoms with E-state index < -0.39 is 23.5 Å². The zero-order valence-electron chi connectivity index (χ0n) is 31.5. The molecule has 11 heteroatoms. The fraction of sp³-hybridized carbons (Fsp3) is 0.548. The van der Waals surface area contributed by atoms with Gasteiger partial charge < -0.3 is 9.47 Å². The largest absolute Gasteiger partial charge is 0.490 e. The molecule has 0 aliphatic heterocycles. The van der Waals surface area contributed by atoms with Crippen LogP contribution in [0.1, 0.15) is 120 Å². The minimum absolute atomic E-state index is 0.0117. The first-order chi connectivity index (χ1) is 24.6. The number of aryl methyl sites for hydroxylation is 1. The first-order valence-corrected chi connectivity index (χ1v) is 18.4. The van der Waals surface area contributed by atoms with Crippen LogP contribution in [-0.4, -0.2) is 28.5 Å². The molecule has 0 N–H and O–H groups in total. The lowest BCUT2D eigenvalue weighted by Gasteiger charge is -2.37. The van der Waals surface area contributed by atoms with Crippen molar-refractivity contribution in [3.05, 3.63) is 71.0 Å². The number of benzene rings is 2. The second kappa shape index (κ2) is 15.5. The van der Waals surface area contributed by atoms with Crippen LogP contribution < -0.4 is 9.47 Å². The average Bonchev–Trinajstić information content (AvgIpc) is 3.06. The van der Waals surface area contributed by atoms with Gasteiger partial charge in [0.1, 0.15) is 17.2 Å². The van der Waals surface area contributed by atoms with E-state index >= 15 is 0 Å². The number of nitrogens with zero attached hydrogens (tertiary/aromatic N) is 2. The number of hydrogen-bond donors (Lipinski definition) is 0. The van der Waals surface area contributed by atoms with E-state index in [1.54, 1.807) is 25.1 Å². The molecule has 2 aliphatic rings. The van der Waals surface area contributed by atoms with Crippen LogP contribution in [0.2, 0.25) is 0 Å². The fourth-order valence-corrected chi connectivity index (χ4v) is 7.72. The Bertz CT molecular complexity index is 1890. The van der Waals surface area contributed by atoms with E-state index in [1.165, 1.54) is 18.2 Å². The van der Waals surface area contributed by atoms with Crippen molar-refractivity contribution in [1.29, 1.82) is 0 Å². The Balaban J connectivity index is 0.000000204. The lowest BCUT2D eigenvalue weighted by atomic mass is 9.72. The molecular formula is C42H50F6N2O3. The maximum Gasteiger partial charge on any atom is 0.417 e. The molecule has 4 aromatic rings. The molecule has 0 unspecified atom stereocenters. The molecular weight excluding hydrogens is 694 g/mol. The topological polar surface area (TPSA) is 61.3 Å². The predicted octanol–water partition coefficient (Wildman–Crippen LogP) is 12.6. The lowest BCUT2D eigenvalue weighted by Crippen LogP contribution is -2.30. The molecule has 2 heterocycles. The number of ether oxygens (including phenoxy) is 2. The van der Waals surface area contributed by atoms with Crippen LogP contribution in [0.3, 0.4) is 0 Å². The quantitative estimate of drug-likeness (QED) is 0.150. The molecule has 0 atom stereocenters. The lowest BCUT2D eigenvalue weighted by molar-refractivity contribution is -0.137. The molecule has 0 saturated heterocycles. The van der Waals surface area contributed by atoms with Gasteiger partial charge in [0.2, 0.25) is 0 Å². The Morgan fingerprint density at radius 3 is 1.36 bits per heavy atom. The summed E-state index contributed by atoms with van der Waals surface area (Å²) < 4.78 is 92.3. The van der Waals surface area contributed by atoms with E-state index in [2.05, 4.69) is 51.5 Å². The number of carbonyl (C=O) groups is 1. The van der Waals surface area contributed by atoms with E-state index in [1.807, 2.05) is 0 Å². The van der Waals surface area contributed by atoms with E-state index in [4.69, 9.17) is 9.47 Å². The summed E-state index contributed by atoms with van der Waals surface area (Å²) in [5.74, 6) is 2.21. The van der Waals surface area contributed by atoms with Crippen LogP contribution in [0.4, 0.5) is 26.3 Å².